The number of carbonyl (C=O) groups is 4. The zero-order valence-electron chi connectivity index (χ0n) is 19.2. The summed E-state index contributed by atoms with van der Waals surface area (Å²) < 4.78 is 10.3. The summed E-state index contributed by atoms with van der Waals surface area (Å²) in [6.07, 6.45) is 0.583. The Kier molecular flexibility index (Phi) is 6.81. The number of benzene rings is 2. The van der Waals surface area contributed by atoms with Crippen LogP contribution in [0.2, 0.25) is 0 Å². The lowest BCUT2D eigenvalue weighted by Gasteiger charge is -2.35. The van der Waals surface area contributed by atoms with Gasteiger partial charge in [-0.05, 0) is 44.0 Å². The van der Waals surface area contributed by atoms with Crippen molar-refractivity contribution in [2.75, 3.05) is 26.8 Å². The normalized spacial score (nSPS) is 15.8. The maximum Gasteiger partial charge on any atom is 0.409 e. The second-order valence-corrected chi connectivity index (χ2v) is 8.15. The molecule has 0 bridgehead atoms. The number of nitrogens with one attached hydrogen (secondary N) is 1. The summed E-state index contributed by atoms with van der Waals surface area (Å²) in [4.78, 5) is 53.6. The van der Waals surface area contributed by atoms with Gasteiger partial charge in [0.25, 0.3) is 17.7 Å². The van der Waals surface area contributed by atoms with Gasteiger partial charge in [0.05, 0.1) is 24.8 Å². The number of amides is 4. The fourth-order valence-corrected chi connectivity index (χ4v) is 4.38. The van der Waals surface area contributed by atoms with Crippen LogP contribution >= 0.6 is 0 Å². The Morgan fingerprint density at radius 3 is 2.44 bits per heavy atom. The Hall–Kier alpha value is -3.88. The Morgan fingerprint density at radius 2 is 1.74 bits per heavy atom. The first kappa shape index (κ1) is 23.3. The van der Waals surface area contributed by atoms with Crippen LogP contribution in [0, 0.1) is 0 Å². The number of rotatable bonds is 6. The SMILES string of the molecule is CCOC(=O)N1CCC(N2C(=O)c3ccc(C(=O)NCc4ccccc4OC)cc3C2=O)CC1. The van der Waals surface area contributed by atoms with Gasteiger partial charge in [-0.3, -0.25) is 19.3 Å². The average molecular weight is 466 g/mol. The molecule has 2 aliphatic heterocycles. The van der Waals surface area contributed by atoms with E-state index in [4.69, 9.17) is 9.47 Å². The third kappa shape index (κ3) is 4.46. The quantitative estimate of drug-likeness (QED) is 0.658. The zero-order chi connectivity index (χ0) is 24.2. The molecule has 9 heteroatoms. The molecule has 4 amide bonds. The zero-order valence-corrected chi connectivity index (χ0v) is 19.2. The van der Waals surface area contributed by atoms with Crippen LogP contribution in [0.3, 0.4) is 0 Å². The number of fused-ring (bicyclic) bond motifs is 1. The van der Waals surface area contributed by atoms with E-state index >= 15 is 0 Å². The summed E-state index contributed by atoms with van der Waals surface area (Å²) in [5.41, 5.74) is 1.64. The van der Waals surface area contributed by atoms with Gasteiger partial charge in [-0.1, -0.05) is 18.2 Å². The molecule has 0 aliphatic carbocycles. The van der Waals surface area contributed by atoms with Crippen molar-refractivity contribution in [3.8, 4) is 5.75 Å². The highest BCUT2D eigenvalue weighted by Gasteiger charge is 2.41. The lowest BCUT2D eigenvalue weighted by Crippen LogP contribution is -2.48. The second kappa shape index (κ2) is 9.94. The van der Waals surface area contributed by atoms with Crippen LogP contribution in [0.1, 0.15) is 56.4 Å². The molecule has 9 nitrogen and oxygen atoms in total. The van der Waals surface area contributed by atoms with Crippen molar-refractivity contribution in [3.05, 3.63) is 64.7 Å². The lowest BCUT2D eigenvalue weighted by molar-refractivity contribution is 0.0485. The number of piperidine rings is 1. The summed E-state index contributed by atoms with van der Waals surface area (Å²) in [6.45, 7) is 3.13. The maximum atomic E-state index is 13.1. The molecule has 0 saturated carbocycles. The molecule has 0 radical (unpaired) electrons. The van der Waals surface area contributed by atoms with Crippen LogP contribution in [0.5, 0.6) is 5.75 Å². The molecule has 0 unspecified atom stereocenters. The standard InChI is InChI=1S/C25H27N3O6/c1-3-34-25(32)27-12-10-18(11-13-27)28-23(30)19-9-8-16(14-20(19)24(28)31)22(29)26-15-17-6-4-5-7-21(17)33-2/h4-9,14,18H,3,10-13,15H2,1-2H3,(H,26,29). The van der Waals surface area contributed by atoms with Gasteiger partial charge < -0.3 is 19.7 Å². The topological polar surface area (TPSA) is 105 Å². The van der Waals surface area contributed by atoms with E-state index in [0.29, 0.717) is 49.4 Å². The lowest BCUT2D eigenvalue weighted by atomic mass is 10.0. The third-order valence-electron chi connectivity index (χ3n) is 6.17. The molecule has 2 aromatic carbocycles. The molecular formula is C25H27N3O6. The van der Waals surface area contributed by atoms with E-state index in [-0.39, 0.29) is 36.1 Å². The minimum atomic E-state index is -0.408. The number of carbonyl (C=O) groups excluding carboxylic acids is 4. The Balaban J connectivity index is 1.43. The first-order valence-electron chi connectivity index (χ1n) is 11.3. The van der Waals surface area contributed by atoms with Crippen LogP contribution < -0.4 is 10.1 Å². The van der Waals surface area contributed by atoms with Crippen molar-refractivity contribution in [1.82, 2.24) is 15.1 Å². The van der Waals surface area contributed by atoms with Crippen LogP contribution in [0.15, 0.2) is 42.5 Å². The van der Waals surface area contributed by atoms with Gasteiger partial charge in [0.15, 0.2) is 0 Å². The average Bonchev–Trinajstić information content (AvgIpc) is 3.12. The largest absolute Gasteiger partial charge is 0.496 e. The molecule has 4 rings (SSSR count). The van der Waals surface area contributed by atoms with Crippen LogP contribution in [-0.4, -0.2) is 66.5 Å². The van der Waals surface area contributed by atoms with Gasteiger partial charge in [-0.25, -0.2) is 4.79 Å². The molecule has 2 heterocycles. The number of imide groups is 1. The molecule has 0 aromatic heterocycles. The molecule has 2 aromatic rings. The number of hydrogen-bond acceptors (Lipinski definition) is 6. The predicted octanol–water partition coefficient (Wildman–Crippen LogP) is 2.84. The van der Waals surface area contributed by atoms with Crippen molar-refractivity contribution in [2.45, 2.75) is 32.4 Å². The highest BCUT2D eigenvalue weighted by atomic mass is 16.6. The maximum absolute atomic E-state index is 13.1. The van der Waals surface area contributed by atoms with Crippen molar-refractivity contribution in [1.29, 1.82) is 0 Å². The van der Waals surface area contributed by atoms with Crippen LogP contribution in [-0.2, 0) is 11.3 Å². The molecule has 34 heavy (non-hydrogen) atoms. The smallest absolute Gasteiger partial charge is 0.409 e. The molecule has 1 N–H and O–H groups in total. The molecule has 0 atom stereocenters. The number of ether oxygens (including phenoxy) is 2. The Bertz CT molecular complexity index is 1120. The van der Waals surface area contributed by atoms with Crippen LogP contribution in [0.25, 0.3) is 0 Å². The number of para-hydroxylation sites is 1. The number of nitrogens with zero attached hydrogens (tertiary/aromatic N) is 2. The summed E-state index contributed by atoms with van der Waals surface area (Å²) in [5, 5.41) is 2.83. The van der Waals surface area contributed by atoms with E-state index in [0.717, 1.165) is 5.56 Å². The molecule has 1 saturated heterocycles. The summed E-state index contributed by atoms with van der Waals surface area (Å²) in [6, 6.07) is 11.6. The van der Waals surface area contributed by atoms with Crippen molar-refractivity contribution < 1.29 is 28.7 Å². The minimum absolute atomic E-state index is 0.225. The van der Waals surface area contributed by atoms with Gasteiger partial charge in [-0.2, -0.15) is 0 Å². The van der Waals surface area contributed by atoms with Gasteiger partial charge >= 0.3 is 6.09 Å². The van der Waals surface area contributed by atoms with Crippen LogP contribution in [0.4, 0.5) is 4.79 Å². The van der Waals surface area contributed by atoms with E-state index in [1.54, 1.807) is 25.0 Å². The van der Waals surface area contributed by atoms with Gasteiger partial charge in [0.1, 0.15) is 5.75 Å². The molecule has 2 aliphatic rings. The number of methoxy groups -OCH3 is 1. The summed E-state index contributed by atoms with van der Waals surface area (Å²) >= 11 is 0. The van der Waals surface area contributed by atoms with Crippen molar-refractivity contribution in [2.24, 2.45) is 0 Å². The first-order valence-corrected chi connectivity index (χ1v) is 11.3. The third-order valence-corrected chi connectivity index (χ3v) is 6.17. The monoisotopic (exact) mass is 465 g/mol. The van der Waals surface area contributed by atoms with Gasteiger partial charge in [0.2, 0.25) is 0 Å². The number of hydrogen-bond donors (Lipinski definition) is 1. The molecule has 0 spiro atoms. The molecular weight excluding hydrogens is 438 g/mol. The van der Waals surface area contributed by atoms with E-state index in [2.05, 4.69) is 5.32 Å². The Morgan fingerprint density at radius 1 is 1.03 bits per heavy atom. The minimum Gasteiger partial charge on any atom is -0.496 e. The van der Waals surface area contributed by atoms with E-state index in [1.807, 2.05) is 24.3 Å². The van der Waals surface area contributed by atoms with E-state index in [9.17, 15) is 19.2 Å². The van der Waals surface area contributed by atoms with Gasteiger partial charge in [0, 0.05) is 36.8 Å². The fraction of sp³-hybridized carbons (Fsp3) is 0.360. The summed E-state index contributed by atoms with van der Waals surface area (Å²) in [7, 11) is 1.57. The Labute approximate surface area is 197 Å². The highest BCUT2D eigenvalue weighted by Crippen LogP contribution is 2.29. The molecule has 1 fully saturated rings. The number of likely N-dealkylation sites (tertiary alicyclic amines) is 1. The van der Waals surface area contributed by atoms with E-state index < -0.39 is 5.91 Å². The summed E-state index contributed by atoms with van der Waals surface area (Å²) in [5.74, 6) is -0.457. The fourth-order valence-electron chi connectivity index (χ4n) is 4.38. The first-order chi connectivity index (χ1) is 16.4. The molecule has 178 valence electrons. The second-order valence-electron chi connectivity index (χ2n) is 8.15. The van der Waals surface area contributed by atoms with Crippen molar-refractivity contribution in [3.63, 3.8) is 0 Å². The van der Waals surface area contributed by atoms with Gasteiger partial charge in [-0.15, -0.1) is 0 Å². The van der Waals surface area contributed by atoms with E-state index in [1.165, 1.54) is 17.0 Å². The predicted molar refractivity (Wildman–Crippen MR) is 123 cm³/mol. The highest BCUT2D eigenvalue weighted by molar-refractivity contribution is 6.22. The van der Waals surface area contributed by atoms with Crippen molar-refractivity contribution >= 4 is 23.8 Å².